The fraction of sp³-hybridized carbons (Fsp3) is 0.647. The summed E-state index contributed by atoms with van der Waals surface area (Å²) >= 11 is 0. The molecule has 0 bridgehead atoms. The topological polar surface area (TPSA) is 273 Å². The van der Waals surface area contributed by atoms with Crippen molar-refractivity contribution in [1.82, 2.24) is 16.0 Å². The number of carboxylic acids is 2. The van der Waals surface area contributed by atoms with Gasteiger partial charge in [0, 0.05) is 6.54 Å². The summed E-state index contributed by atoms with van der Waals surface area (Å²) in [6.07, 6.45) is -1.87. The molecule has 3 amide bonds. The van der Waals surface area contributed by atoms with Crippen LogP contribution >= 0.6 is 0 Å². The molecule has 0 spiro atoms. The van der Waals surface area contributed by atoms with Gasteiger partial charge in [0.05, 0.1) is 12.5 Å². The van der Waals surface area contributed by atoms with E-state index in [-0.39, 0.29) is 25.3 Å². The Bertz CT molecular complexity index is 724. The quantitative estimate of drug-likeness (QED) is 0.0679. The van der Waals surface area contributed by atoms with Gasteiger partial charge in [-0.1, -0.05) is 0 Å². The maximum absolute atomic E-state index is 12.7. The van der Waals surface area contributed by atoms with Crippen LogP contribution in [0.3, 0.4) is 0 Å². The van der Waals surface area contributed by atoms with E-state index >= 15 is 0 Å². The first-order valence-electron chi connectivity index (χ1n) is 9.61. The number of aliphatic hydroxyl groups excluding tert-OH is 1. The number of carbonyl (C=O) groups is 5. The van der Waals surface area contributed by atoms with E-state index in [1.165, 1.54) is 6.92 Å². The van der Waals surface area contributed by atoms with Crippen LogP contribution in [0.4, 0.5) is 0 Å². The summed E-state index contributed by atoms with van der Waals surface area (Å²) in [6, 6.07) is -5.58. The Labute approximate surface area is 183 Å². The first-order chi connectivity index (χ1) is 14.8. The number of hydrogen-bond acceptors (Lipinski definition) is 8. The van der Waals surface area contributed by atoms with Gasteiger partial charge in [-0.2, -0.15) is 0 Å². The molecule has 5 atom stereocenters. The van der Waals surface area contributed by atoms with E-state index in [9.17, 15) is 29.1 Å². The lowest BCUT2D eigenvalue weighted by Gasteiger charge is -2.24. The Kier molecular flexibility index (Phi) is 12.3. The fourth-order valence-electron chi connectivity index (χ4n) is 2.29. The first kappa shape index (κ1) is 28.5. The van der Waals surface area contributed by atoms with Gasteiger partial charge in [-0.3, -0.25) is 29.0 Å². The van der Waals surface area contributed by atoms with Crippen molar-refractivity contribution in [3.8, 4) is 0 Å². The summed E-state index contributed by atoms with van der Waals surface area (Å²) in [7, 11) is 0. The molecule has 5 unspecified atom stereocenters. The number of carbonyl (C=O) groups excluding carboxylic acids is 3. The fourth-order valence-corrected chi connectivity index (χ4v) is 2.29. The molecule has 0 aromatic heterocycles. The van der Waals surface area contributed by atoms with Gasteiger partial charge in [0.25, 0.3) is 0 Å². The van der Waals surface area contributed by atoms with Crippen molar-refractivity contribution in [3.05, 3.63) is 0 Å². The van der Waals surface area contributed by atoms with Gasteiger partial charge in [0.1, 0.15) is 24.2 Å². The van der Waals surface area contributed by atoms with Crippen molar-refractivity contribution in [3.63, 3.8) is 0 Å². The zero-order chi connectivity index (χ0) is 25.0. The van der Waals surface area contributed by atoms with Gasteiger partial charge >= 0.3 is 11.9 Å². The van der Waals surface area contributed by atoms with Crippen LogP contribution in [-0.4, -0.2) is 87.8 Å². The number of amides is 3. The second-order valence-corrected chi connectivity index (χ2v) is 7.00. The largest absolute Gasteiger partial charge is 0.481 e. The van der Waals surface area contributed by atoms with Crippen molar-refractivity contribution in [2.45, 2.75) is 63.4 Å². The van der Waals surface area contributed by atoms with Crippen LogP contribution in [0.1, 0.15) is 33.1 Å². The van der Waals surface area contributed by atoms with Crippen molar-refractivity contribution < 1.29 is 39.3 Å². The van der Waals surface area contributed by atoms with E-state index in [4.69, 9.17) is 27.4 Å². The van der Waals surface area contributed by atoms with Gasteiger partial charge in [-0.15, -0.1) is 0 Å². The molecule has 0 aromatic rings. The van der Waals surface area contributed by atoms with E-state index in [0.29, 0.717) is 0 Å². The minimum atomic E-state index is -1.62. The molecule has 0 saturated carbocycles. The Balaban J connectivity index is 5.47. The lowest BCUT2D eigenvalue weighted by Crippen LogP contribution is -2.58. The molecule has 0 rings (SSSR count). The standard InChI is InChI=1S/C17H31N7O8/c1-7(16(31)32)22-14(29)10(6-11(26)27)24-13(28)9(4-3-5-21-17(19)20)23-15(30)12(18)8(2)25/h7-10,12,25H,3-6,18H2,1-2H3,(H,22,29)(H,23,30)(H,24,28)(H,26,27)(H,31,32)(H4,19,20,21). The summed E-state index contributed by atoms with van der Waals surface area (Å²) < 4.78 is 0. The maximum Gasteiger partial charge on any atom is 0.325 e. The number of guanidine groups is 1. The maximum atomic E-state index is 12.7. The zero-order valence-corrected chi connectivity index (χ0v) is 17.8. The number of aliphatic carboxylic acids is 2. The molecule has 0 aromatic carbocycles. The molecular formula is C17H31N7O8. The van der Waals surface area contributed by atoms with E-state index in [1.807, 2.05) is 0 Å². The highest BCUT2D eigenvalue weighted by molar-refractivity contribution is 5.95. The van der Waals surface area contributed by atoms with Crippen molar-refractivity contribution in [2.24, 2.45) is 22.2 Å². The smallest absolute Gasteiger partial charge is 0.325 e. The molecule has 0 radical (unpaired) electrons. The normalized spacial score (nSPS) is 15.2. The van der Waals surface area contributed by atoms with Gasteiger partial charge in [0.2, 0.25) is 17.7 Å². The van der Waals surface area contributed by atoms with Gasteiger partial charge in [0.15, 0.2) is 5.96 Å². The zero-order valence-electron chi connectivity index (χ0n) is 17.8. The summed E-state index contributed by atoms with van der Waals surface area (Å²) in [5.41, 5.74) is 16.0. The lowest BCUT2D eigenvalue weighted by molar-refractivity contribution is -0.143. The van der Waals surface area contributed by atoms with Crippen molar-refractivity contribution >= 4 is 35.6 Å². The van der Waals surface area contributed by atoms with E-state index < -0.39 is 66.4 Å². The Hall–Kier alpha value is -3.46. The van der Waals surface area contributed by atoms with Gasteiger partial charge < -0.3 is 48.5 Å². The van der Waals surface area contributed by atoms with Crippen LogP contribution in [0.15, 0.2) is 4.99 Å². The van der Waals surface area contributed by atoms with Crippen molar-refractivity contribution in [1.29, 1.82) is 0 Å². The highest BCUT2D eigenvalue weighted by atomic mass is 16.4. The predicted molar refractivity (Wildman–Crippen MR) is 111 cm³/mol. The number of aliphatic imine (C=N–C) groups is 1. The predicted octanol–water partition coefficient (Wildman–Crippen LogP) is -4.22. The number of nitrogens with one attached hydrogen (secondary N) is 3. The molecule has 15 heteroatoms. The van der Waals surface area contributed by atoms with E-state index in [1.54, 1.807) is 0 Å². The molecule has 0 fully saturated rings. The van der Waals surface area contributed by atoms with Gasteiger partial charge in [-0.05, 0) is 26.7 Å². The molecule has 12 N–H and O–H groups in total. The van der Waals surface area contributed by atoms with Gasteiger partial charge in [-0.25, -0.2) is 0 Å². The first-order valence-corrected chi connectivity index (χ1v) is 9.61. The molecule has 0 heterocycles. The average Bonchev–Trinajstić information content (AvgIpc) is 2.67. The van der Waals surface area contributed by atoms with Crippen LogP contribution in [-0.2, 0) is 24.0 Å². The van der Waals surface area contributed by atoms with Crippen LogP contribution in [0.5, 0.6) is 0 Å². The molecule has 0 saturated heterocycles. The third kappa shape index (κ3) is 11.1. The Morgan fingerprint density at radius 2 is 1.44 bits per heavy atom. The third-order valence-electron chi connectivity index (χ3n) is 4.14. The molecule has 0 aliphatic rings. The molecule has 0 aliphatic heterocycles. The summed E-state index contributed by atoms with van der Waals surface area (Å²) in [5.74, 6) is -5.81. The van der Waals surface area contributed by atoms with Crippen molar-refractivity contribution in [2.75, 3.05) is 6.54 Å². The second kappa shape index (κ2) is 13.8. The highest BCUT2D eigenvalue weighted by Gasteiger charge is 2.31. The average molecular weight is 461 g/mol. The van der Waals surface area contributed by atoms with E-state index in [0.717, 1.165) is 6.92 Å². The number of nitrogens with two attached hydrogens (primary N) is 3. The van der Waals surface area contributed by atoms with Crippen LogP contribution < -0.4 is 33.2 Å². The molecule has 0 aliphatic carbocycles. The minimum absolute atomic E-state index is 0.0200. The third-order valence-corrected chi connectivity index (χ3v) is 4.14. The summed E-state index contributed by atoms with van der Waals surface area (Å²) in [5, 5.41) is 34.0. The lowest BCUT2D eigenvalue weighted by atomic mass is 10.1. The minimum Gasteiger partial charge on any atom is -0.481 e. The SMILES string of the molecule is CC(NC(=O)C(CC(=O)O)NC(=O)C(CCCN=C(N)N)NC(=O)C(N)C(C)O)C(=O)O. The van der Waals surface area contributed by atoms with Crippen LogP contribution in [0.25, 0.3) is 0 Å². The molecular weight excluding hydrogens is 430 g/mol. The molecule has 32 heavy (non-hydrogen) atoms. The number of aliphatic hydroxyl groups is 1. The second-order valence-electron chi connectivity index (χ2n) is 7.00. The van der Waals surface area contributed by atoms with E-state index in [2.05, 4.69) is 20.9 Å². The molecule has 182 valence electrons. The molecule has 15 nitrogen and oxygen atoms in total. The van der Waals surface area contributed by atoms with Crippen LogP contribution in [0, 0.1) is 0 Å². The number of nitrogens with zero attached hydrogens (tertiary/aromatic N) is 1. The summed E-state index contributed by atoms with van der Waals surface area (Å²) in [6.45, 7) is 2.54. The number of carboxylic acid groups (broad SMARTS) is 2. The number of rotatable bonds is 14. The highest BCUT2D eigenvalue weighted by Crippen LogP contribution is 2.03. The van der Waals surface area contributed by atoms with Crippen LogP contribution in [0.2, 0.25) is 0 Å². The number of hydrogen-bond donors (Lipinski definition) is 9. The Morgan fingerprint density at radius 3 is 1.91 bits per heavy atom. The monoisotopic (exact) mass is 461 g/mol. The Morgan fingerprint density at radius 1 is 0.906 bits per heavy atom. The summed E-state index contributed by atoms with van der Waals surface area (Å²) in [4.78, 5) is 62.9.